The maximum absolute atomic E-state index is 12.7. The van der Waals surface area contributed by atoms with Gasteiger partial charge < -0.3 is 9.64 Å². The topological polar surface area (TPSA) is 81.5 Å². The van der Waals surface area contributed by atoms with Crippen LogP contribution in [0.25, 0.3) is 5.69 Å². The van der Waals surface area contributed by atoms with E-state index in [9.17, 15) is 13.2 Å². The lowest BCUT2D eigenvalue weighted by atomic mass is 10.3. The first-order valence-electron chi connectivity index (χ1n) is 9.56. The van der Waals surface area contributed by atoms with E-state index < -0.39 is 9.84 Å². The lowest BCUT2D eigenvalue weighted by molar-refractivity contribution is 0.0781. The standard InChI is InChI=1S/C22H25N3O4S/c1-17-15-21(23-25(17)18-9-5-4-6-10-18)22(26)24(2)13-8-14-29-19-11-7-12-20(16-19)30(3,27)28/h4-7,9-12,15-16H,8,13-14H2,1-3H3. The van der Waals surface area contributed by atoms with E-state index in [1.807, 2.05) is 37.3 Å². The number of carbonyl (C=O) groups excluding carboxylic acids is 1. The van der Waals surface area contributed by atoms with Gasteiger partial charge in [0.1, 0.15) is 5.75 Å². The molecule has 0 aliphatic rings. The van der Waals surface area contributed by atoms with Crippen molar-refractivity contribution in [2.45, 2.75) is 18.2 Å². The summed E-state index contributed by atoms with van der Waals surface area (Å²) in [5.74, 6) is 0.330. The molecular formula is C22H25N3O4S. The predicted molar refractivity (Wildman–Crippen MR) is 115 cm³/mol. The highest BCUT2D eigenvalue weighted by molar-refractivity contribution is 7.90. The van der Waals surface area contributed by atoms with Gasteiger partial charge in [-0.3, -0.25) is 4.79 Å². The molecule has 0 unspecified atom stereocenters. The lowest BCUT2D eigenvalue weighted by Gasteiger charge is -2.16. The average molecular weight is 428 g/mol. The molecule has 30 heavy (non-hydrogen) atoms. The summed E-state index contributed by atoms with van der Waals surface area (Å²) in [6.45, 7) is 2.76. The molecule has 0 aliphatic heterocycles. The maximum atomic E-state index is 12.7. The fraction of sp³-hybridized carbons (Fsp3) is 0.273. The molecule has 3 rings (SSSR count). The third kappa shape index (κ3) is 5.27. The van der Waals surface area contributed by atoms with Crippen molar-refractivity contribution in [3.8, 4) is 11.4 Å². The van der Waals surface area contributed by atoms with Gasteiger partial charge in [0.2, 0.25) is 0 Å². The Hall–Kier alpha value is -3.13. The first-order chi connectivity index (χ1) is 14.3. The Bertz CT molecular complexity index is 1120. The van der Waals surface area contributed by atoms with E-state index in [2.05, 4.69) is 5.10 Å². The van der Waals surface area contributed by atoms with Gasteiger partial charge in [0, 0.05) is 25.5 Å². The molecule has 8 heteroatoms. The predicted octanol–water partition coefficient (Wildman–Crippen LogP) is 3.13. The Labute approximate surface area is 176 Å². The Morgan fingerprint density at radius 2 is 1.83 bits per heavy atom. The largest absolute Gasteiger partial charge is 0.493 e. The van der Waals surface area contributed by atoms with Crippen LogP contribution in [-0.2, 0) is 9.84 Å². The van der Waals surface area contributed by atoms with Crippen molar-refractivity contribution in [1.82, 2.24) is 14.7 Å². The van der Waals surface area contributed by atoms with E-state index in [1.54, 1.807) is 34.8 Å². The van der Waals surface area contributed by atoms with Gasteiger partial charge in [-0.1, -0.05) is 24.3 Å². The van der Waals surface area contributed by atoms with E-state index >= 15 is 0 Å². The Kier molecular flexibility index (Phi) is 6.56. The summed E-state index contributed by atoms with van der Waals surface area (Å²) in [7, 11) is -1.55. The van der Waals surface area contributed by atoms with Crippen LogP contribution in [0.5, 0.6) is 5.75 Å². The second-order valence-electron chi connectivity index (χ2n) is 7.09. The van der Waals surface area contributed by atoms with Crippen LogP contribution in [-0.4, -0.2) is 55.5 Å². The van der Waals surface area contributed by atoms with Gasteiger partial charge in [0.25, 0.3) is 5.91 Å². The number of nitrogens with zero attached hydrogens (tertiary/aromatic N) is 3. The van der Waals surface area contributed by atoms with E-state index in [0.717, 1.165) is 17.6 Å². The number of ether oxygens (including phenoxy) is 1. The monoisotopic (exact) mass is 427 g/mol. The molecule has 0 aliphatic carbocycles. The highest BCUT2D eigenvalue weighted by Gasteiger charge is 2.17. The highest BCUT2D eigenvalue weighted by Crippen LogP contribution is 2.18. The summed E-state index contributed by atoms with van der Waals surface area (Å²) in [4.78, 5) is 14.5. The van der Waals surface area contributed by atoms with Crippen LogP contribution < -0.4 is 4.74 Å². The molecule has 1 amide bonds. The zero-order chi connectivity index (χ0) is 21.7. The summed E-state index contributed by atoms with van der Waals surface area (Å²) in [5, 5.41) is 4.45. The SMILES string of the molecule is Cc1cc(C(=O)N(C)CCCOc2cccc(S(C)(=O)=O)c2)nn1-c1ccccc1. The molecule has 0 radical (unpaired) electrons. The number of aromatic nitrogens is 2. The van der Waals surface area contributed by atoms with Crippen molar-refractivity contribution in [3.63, 3.8) is 0 Å². The van der Waals surface area contributed by atoms with Crippen LogP contribution in [0.1, 0.15) is 22.6 Å². The van der Waals surface area contributed by atoms with Gasteiger partial charge in [-0.05, 0) is 49.7 Å². The van der Waals surface area contributed by atoms with Gasteiger partial charge in [0.15, 0.2) is 15.5 Å². The van der Waals surface area contributed by atoms with E-state index in [0.29, 0.717) is 31.0 Å². The van der Waals surface area contributed by atoms with Crippen LogP contribution in [0.2, 0.25) is 0 Å². The number of rotatable bonds is 8. The fourth-order valence-corrected chi connectivity index (χ4v) is 3.65. The minimum Gasteiger partial charge on any atom is -0.493 e. The number of benzene rings is 2. The van der Waals surface area contributed by atoms with Crippen molar-refractivity contribution in [1.29, 1.82) is 0 Å². The van der Waals surface area contributed by atoms with Crippen molar-refractivity contribution in [3.05, 3.63) is 72.1 Å². The summed E-state index contributed by atoms with van der Waals surface area (Å²) >= 11 is 0. The molecule has 0 fully saturated rings. The van der Waals surface area contributed by atoms with Crippen LogP contribution >= 0.6 is 0 Å². The van der Waals surface area contributed by atoms with Crippen molar-refractivity contribution in [2.75, 3.05) is 26.5 Å². The molecule has 0 atom stereocenters. The summed E-state index contributed by atoms with van der Waals surface area (Å²) < 4.78 is 30.6. The minimum atomic E-state index is -3.27. The second kappa shape index (κ2) is 9.13. The molecule has 1 aromatic heterocycles. The Morgan fingerprint density at radius 3 is 2.53 bits per heavy atom. The summed E-state index contributed by atoms with van der Waals surface area (Å²) in [6.07, 6.45) is 1.76. The highest BCUT2D eigenvalue weighted by atomic mass is 32.2. The number of sulfone groups is 1. The number of carbonyl (C=O) groups is 1. The molecule has 0 bridgehead atoms. The zero-order valence-corrected chi connectivity index (χ0v) is 18.1. The molecular weight excluding hydrogens is 402 g/mol. The molecule has 0 saturated carbocycles. The Morgan fingerprint density at radius 1 is 1.10 bits per heavy atom. The second-order valence-corrected chi connectivity index (χ2v) is 9.11. The molecule has 0 N–H and O–H groups in total. The lowest BCUT2D eigenvalue weighted by Crippen LogP contribution is -2.29. The number of aryl methyl sites for hydroxylation is 1. The van der Waals surface area contributed by atoms with E-state index in [-0.39, 0.29) is 10.8 Å². The number of amides is 1. The van der Waals surface area contributed by atoms with Crippen LogP contribution in [0, 0.1) is 6.92 Å². The molecule has 7 nitrogen and oxygen atoms in total. The van der Waals surface area contributed by atoms with E-state index in [1.165, 1.54) is 12.1 Å². The van der Waals surface area contributed by atoms with Crippen LogP contribution in [0.3, 0.4) is 0 Å². The summed E-state index contributed by atoms with van der Waals surface area (Å²) in [6, 6.07) is 17.8. The fourth-order valence-electron chi connectivity index (χ4n) is 2.99. The quantitative estimate of drug-likeness (QED) is 0.516. The number of hydrogen-bond donors (Lipinski definition) is 0. The maximum Gasteiger partial charge on any atom is 0.274 e. The van der Waals surface area contributed by atoms with Crippen LogP contribution in [0.4, 0.5) is 0 Å². The third-order valence-corrected chi connectivity index (χ3v) is 5.70. The van der Waals surface area contributed by atoms with Gasteiger partial charge in [-0.25, -0.2) is 13.1 Å². The normalized spacial score (nSPS) is 11.3. The first kappa shape index (κ1) is 21.6. The van der Waals surface area contributed by atoms with E-state index in [4.69, 9.17) is 4.74 Å². The average Bonchev–Trinajstić information content (AvgIpc) is 3.12. The van der Waals surface area contributed by atoms with Gasteiger partial charge >= 0.3 is 0 Å². The molecule has 1 heterocycles. The molecule has 158 valence electrons. The smallest absolute Gasteiger partial charge is 0.274 e. The van der Waals surface area contributed by atoms with Gasteiger partial charge in [0.05, 0.1) is 17.2 Å². The van der Waals surface area contributed by atoms with Gasteiger partial charge in [-0.15, -0.1) is 0 Å². The van der Waals surface area contributed by atoms with Crippen molar-refractivity contribution >= 4 is 15.7 Å². The molecule has 0 saturated heterocycles. The number of para-hydroxylation sites is 1. The molecule has 0 spiro atoms. The first-order valence-corrected chi connectivity index (χ1v) is 11.5. The molecule has 3 aromatic rings. The third-order valence-electron chi connectivity index (χ3n) is 4.59. The zero-order valence-electron chi connectivity index (χ0n) is 17.3. The van der Waals surface area contributed by atoms with Crippen LogP contribution in [0.15, 0.2) is 65.6 Å². The van der Waals surface area contributed by atoms with Crippen molar-refractivity contribution < 1.29 is 17.9 Å². The molecule has 2 aromatic carbocycles. The van der Waals surface area contributed by atoms with Crippen molar-refractivity contribution in [2.24, 2.45) is 0 Å². The minimum absolute atomic E-state index is 0.160. The number of hydrogen-bond acceptors (Lipinski definition) is 5. The summed E-state index contributed by atoms with van der Waals surface area (Å²) in [5.41, 5.74) is 2.18. The van der Waals surface area contributed by atoms with Gasteiger partial charge in [-0.2, -0.15) is 5.10 Å². The Balaban J connectivity index is 1.54.